The first-order chi connectivity index (χ1) is 16.5. The first-order valence-electron chi connectivity index (χ1n) is 11.7. The SMILES string of the molecule is CC(C)(C)c1ccc(C2N=NC=C(c3ccc(-c4ccccc4)cc3)N2c2ccccc2)cc1. The average Bonchev–Trinajstić information content (AvgIpc) is 2.89. The molecule has 0 aromatic heterocycles. The van der Waals surface area contributed by atoms with E-state index in [0.29, 0.717) is 0 Å². The molecule has 5 rings (SSSR count). The minimum atomic E-state index is -0.231. The number of benzene rings is 4. The van der Waals surface area contributed by atoms with Crippen molar-refractivity contribution in [2.45, 2.75) is 32.4 Å². The van der Waals surface area contributed by atoms with E-state index in [1.807, 2.05) is 18.3 Å². The predicted molar refractivity (Wildman–Crippen MR) is 142 cm³/mol. The molecule has 1 atom stereocenters. The summed E-state index contributed by atoms with van der Waals surface area (Å²) < 4.78 is 0. The summed E-state index contributed by atoms with van der Waals surface area (Å²) in [5.41, 5.74) is 8.17. The van der Waals surface area contributed by atoms with Crippen molar-refractivity contribution in [1.29, 1.82) is 0 Å². The molecule has 0 saturated heterocycles. The van der Waals surface area contributed by atoms with Gasteiger partial charge in [0, 0.05) is 5.69 Å². The maximum atomic E-state index is 4.66. The normalized spacial score (nSPS) is 15.8. The van der Waals surface area contributed by atoms with Gasteiger partial charge in [-0.25, -0.2) is 0 Å². The number of nitrogens with zero attached hydrogens (tertiary/aromatic N) is 3. The minimum Gasteiger partial charge on any atom is -0.311 e. The Bertz CT molecular complexity index is 1300. The molecule has 1 heterocycles. The van der Waals surface area contributed by atoms with Crippen molar-refractivity contribution in [1.82, 2.24) is 0 Å². The fraction of sp³-hybridized carbons (Fsp3) is 0.161. The van der Waals surface area contributed by atoms with E-state index >= 15 is 0 Å². The Balaban J connectivity index is 1.53. The Morgan fingerprint density at radius 1 is 0.618 bits per heavy atom. The van der Waals surface area contributed by atoms with Gasteiger partial charge >= 0.3 is 0 Å². The Morgan fingerprint density at radius 2 is 1.18 bits per heavy atom. The molecule has 4 aromatic carbocycles. The van der Waals surface area contributed by atoms with E-state index < -0.39 is 0 Å². The Kier molecular flexibility index (Phi) is 5.85. The fourth-order valence-corrected chi connectivity index (χ4v) is 4.31. The second kappa shape index (κ2) is 9.11. The number of anilines is 1. The van der Waals surface area contributed by atoms with Crippen LogP contribution >= 0.6 is 0 Å². The summed E-state index contributed by atoms with van der Waals surface area (Å²) in [4.78, 5) is 2.27. The molecule has 0 fully saturated rings. The molecule has 0 bridgehead atoms. The average molecular weight is 444 g/mol. The molecule has 0 N–H and O–H groups in total. The van der Waals surface area contributed by atoms with Gasteiger partial charge < -0.3 is 4.90 Å². The van der Waals surface area contributed by atoms with Gasteiger partial charge in [-0.05, 0) is 45.4 Å². The van der Waals surface area contributed by atoms with Crippen LogP contribution in [0.3, 0.4) is 0 Å². The van der Waals surface area contributed by atoms with Crippen LogP contribution in [0.1, 0.15) is 43.6 Å². The lowest BCUT2D eigenvalue weighted by Crippen LogP contribution is -2.27. The van der Waals surface area contributed by atoms with Crippen LogP contribution in [-0.4, -0.2) is 0 Å². The summed E-state index contributed by atoms with van der Waals surface area (Å²) in [5, 5.41) is 9.11. The van der Waals surface area contributed by atoms with Gasteiger partial charge in [0.25, 0.3) is 0 Å². The quantitative estimate of drug-likeness (QED) is 0.310. The number of hydrogen-bond donors (Lipinski definition) is 0. The Hall–Kier alpha value is -3.98. The van der Waals surface area contributed by atoms with Crippen molar-refractivity contribution < 1.29 is 0 Å². The van der Waals surface area contributed by atoms with E-state index in [-0.39, 0.29) is 11.6 Å². The zero-order valence-corrected chi connectivity index (χ0v) is 19.9. The molecule has 168 valence electrons. The van der Waals surface area contributed by atoms with Crippen LogP contribution in [0.15, 0.2) is 126 Å². The molecule has 1 aliphatic rings. The third-order valence-corrected chi connectivity index (χ3v) is 6.26. The van der Waals surface area contributed by atoms with E-state index in [1.165, 1.54) is 16.7 Å². The summed E-state index contributed by atoms with van der Waals surface area (Å²) in [6.45, 7) is 6.70. The maximum Gasteiger partial charge on any atom is 0.172 e. The van der Waals surface area contributed by atoms with Crippen molar-refractivity contribution in [2.75, 3.05) is 4.90 Å². The van der Waals surface area contributed by atoms with E-state index in [0.717, 1.165) is 22.5 Å². The van der Waals surface area contributed by atoms with E-state index in [9.17, 15) is 0 Å². The van der Waals surface area contributed by atoms with Crippen LogP contribution in [0.25, 0.3) is 16.8 Å². The fourth-order valence-electron chi connectivity index (χ4n) is 4.31. The summed E-state index contributed by atoms with van der Waals surface area (Å²) in [5.74, 6) is 0. The third-order valence-electron chi connectivity index (χ3n) is 6.26. The molecule has 1 unspecified atom stereocenters. The second-order valence-electron chi connectivity index (χ2n) is 9.64. The number of hydrogen-bond acceptors (Lipinski definition) is 3. The highest BCUT2D eigenvalue weighted by atomic mass is 15.3. The largest absolute Gasteiger partial charge is 0.311 e. The van der Waals surface area contributed by atoms with Gasteiger partial charge in [-0.1, -0.05) is 118 Å². The van der Waals surface area contributed by atoms with Crippen LogP contribution in [-0.2, 0) is 5.41 Å². The van der Waals surface area contributed by atoms with Crippen molar-refractivity contribution in [2.24, 2.45) is 10.2 Å². The zero-order valence-electron chi connectivity index (χ0n) is 19.9. The Labute approximate surface area is 202 Å². The Morgan fingerprint density at radius 3 is 1.79 bits per heavy atom. The monoisotopic (exact) mass is 443 g/mol. The van der Waals surface area contributed by atoms with Gasteiger partial charge in [0.2, 0.25) is 0 Å². The first kappa shape index (κ1) is 21.8. The van der Waals surface area contributed by atoms with Crippen LogP contribution in [0.5, 0.6) is 0 Å². The molecule has 3 nitrogen and oxygen atoms in total. The van der Waals surface area contributed by atoms with Crippen LogP contribution in [0.2, 0.25) is 0 Å². The standard InChI is InChI=1S/C31H29N3/c1-31(2,3)27-20-18-26(19-21-27)30-33-32-22-29(34(30)28-12-8-5-9-13-28)25-16-14-24(15-17-25)23-10-6-4-7-11-23/h4-22,30H,1-3H3. The maximum absolute atomic E-state index is 4.66. The molecule has 0 radical (unpaired) electrons. The molecule has 4 aromatic rings. The number of azo groups is 1. The molecule has 0 saturated carbocycles. The summed E-state index contributed by atoms with van der Waals surface area (Å²) in [7, 11) is 0. The first-order valence-corrected chi connectivity index (χ1v) is 11.7. The van der Waals surface area contributed by atoms with Crippen molar-refractivity contribution >= 4 is 11.4 Å². The highest BCUT2D eigenvalue weighted by Crippen LogP contribution is 2.39. The summed E-state index contributed by atoms with van der Waals surface area (Å²) in [6.07, 6.45) is 1.63. The molecule has 1 aliphatic heterocycles. The number of para-hydroxylation sites is 1. The minimum absolute atomic E-state index is 0.108. The van der Waals surface area contributed by atoms with Crippen molar-refractivity contribution in [3.63, 3.8) is 0 Å². The third kappa shape index (κ3) is 4.42. The zero-order chi connectivity index (χ0) is 23.5. The van der Waals surface area contributed by atoms with Crippen molar-refractivity contribution in [3.05, 3.63) is 132 Å². The van der Waals surface area contributed by atoms with Gasteiger partial charge in [-0.3, -0.25) is 0 Å². The van der Waals surface area contributed by atoms with Gasteiger partial charge in [0.1, 0.15) is 0 Å². The van der Waals surface area contributed by atoms with E-state index in [1.54, 1.807) is 0 Å². The van der Waals surface area contributed by atoms with E-state index in [4.69, 9.17) is 0 Å². The lowest BCUT2D eigenvalue weighted by atomic mass is 9.86. The smallest absolute Gasteiger partial charge is 0.172 e. The molecular weight excluding hydrogens is 414 g/mol. The van der Waals surface area contributed by atoms with E-state index in [2.05, 4.69) is 133 Å². The highest BCUT2D eigenvalue weighted by Gasteiger charge is 2.28. The number of rotatable bonds is 4. The molecule has 0 aliphatic carbocycles. The second-order valence-corrected chi connectivity index (χ2v) is 9.64. The van der Waals surface area contributed by atoms with Gasteiger partial charge in [-0.15, -0.1) is 0 Å². The molecule has 34 heavy (non-hydrogen) atoms. The predicted octanol–water partition coefficient (Wildman–Crippen LogP) is 8.62. The molecular formula is C31H29N3. The lowest BCUT2D eigenvalue weighted by Gasteiger charge is -2.34. The van der Waals surface area contributed by atoms with Crippen LogP contribution in [0.4, 0.5) is 5.69 Å². The van der Waals surface area contributed by atoms with Gasteiger partial charge in [0.15, 0.2) is 6.17 Å². The lowest BCUT2D eigenvalue weighted by molar-refractivity contribution is 0.589. The van der Waals surface area contributed by atoms with Crippen LogP contribution < -0.4 is 4.90 Å². The molecule has 0 amide bonds. The van der Waals surface area contributed by atoms with Crippen molar-refractivity contribution in [3.8, 4) is 11.1 Å². The van der Waals surface area contributed by atoms with Gasteiger partial charge in [-0.2, -0.15) is 10.2 Å². The molecule has 0 spiro atoms. The molecule has 3 heteroatoms. The summed E-state index contributed by atoms with van der Waals surface area (Å²) in [6, 6.07) is 38.4. The topological polar surface area (TPSA) is 28.0 Å². The van der Waals surface area contributed by atoms with Crippen LogP contribution in [0, 0.1) is 0 Å². The summed E-state index contributed by atoms with van der Waals surface area (Å²) >= 11 is 0. The van der Waals surface area contributed by atoms with Gasteiger partial charge in [0.05, 0.1) is 11.9 Å². The highest BCUT2D eigenvalue weighted by molar-refractivity contribution is 5.82.